The minimum atomic E-state index is -2.87. The Kier molecular flexibility index (Phi) is 18.9. The molecule has 494 valence electrons. The quantitative estimate of drug-likeness (QED) is 0.0569. The van der Waals surface area contributed by atoms with Gasteiger partial charge in [0.2, 0.25) is 0 Å². The van der Waals surface area contributed by atoms with Gasteiger partial charge in [-0.1, -0.05) is 273 Å². The number of carboxylic acid groups (broad SMARTS) is 1. The fraction of sp³-hybridized carbons (Fsp3) is 0.193. The Labute approximate surface area is 577 Å². The van der Waals surface area contributed by atoms with E-state index in [4.69, 9.17) is 24.2 Å². The number of benzene rings is 10. The molecule has 1 N–H and O–H groups in total. The molecule has 1 saturated heterocycles. The zero-order valence-electron chi connectivity index (χ0n) is 55.4. The van der Waals surface area contributed by atoms with Crippen molar-refractivity contribution >= 4 is 22.6 Å². The second-order valence-corrected chi connectivity index (χ2v) is 26.5. The molecule has 10 aromatic carbocycles. The Morgan fingerprint density at radius 2 is 0.889 bits per heavy atom. The fourth-order valence-electron chi connectivity index (χ4n) is 16.4. The number of pyridine rings is 2. The Morgan fingerprint density at radius 3 is 1.33 bits per heavy atom. The van der Waals surface area contributed by atoms with Gasteiger partial charge in [-0.05, 0) is 119 Å². The Hall–Kier alpha value is -11.0. The van der Waals surface area contributed by atoms with Crippen molar-refractivity contribution in [2.24, 2.45) is 5.41 Å². The predicted molar refractivity (Wildman–Crippen MR) is 389 cm³/mol. The summed E-state index contributed by atoms with van der Waals surface area (Å²) >= 11 is 0. The molecule has 0 spiro atoms. The number of aromatic nitrogens is 3. The minimum Gasteiger partial charge on any atom is -0.491 e. The number of hydrogen-bond donors (Lipinski definition) is 1. The first kappa shape index (κ1) is 65.3. The lowest BCUT2D eigenvalue weighted by molar-refractivity contribution is -0.308. The molecule has 4 heterocycles. The highest BCUT2D eigenvalue weighted by Crippen LogP contribution is 2.69. The van der Waals surface area contributed by atoms with Crippen LogP contribution in [-0.2, 0) is 62.5 Å². The van der Waals surface area contributed by atoms with Gasteiger partial charge in [0.1, 0.15) is 35.1 Å². The minimum absolute atomic E-state index is 0.0119. The van der Waals surface area contributed by atoms with Crippen molar-refractivity contribution in [2.75, 3.05) is 20.3 Å². The maximum absolute atomic E-state index is 24.4. The van der Waals surface area contributed by atoms with Gasteiger partial charge < -0.3 is 19.3 Å². The molecule has 1 fully saturated rings. The molecule has 3 aromatic heterocycles. The van der Waals surface area contributed by atoms with Crippen LogP contribution in [0, 0.1) is 11.2 Å². The number of fused-ring (bicyclic) bond motifs is 2. The van der Waals surface area contributed by atoms with E-state index < -0.39 is 39.7 Å². The predicted octanol–water partition coefficient (Wildman–Crippen LogP) is 18.5. The highest BCUT2D eigenvalue weighted by Gasteiger charge is 2.85. The SMILES string of the molecule is COCCOc1ccn2c(-c3nc4c(O[C@]5(Cc6ccccc6)C(Cc6ccccc6)(Cc6ccccc6)C(Cc6ccccc6)(Cc6ccccc6)N(C(=O)O)C(Cc6ccccc6)(Cc6ccccc6)[C@@]5(F)Cc5ccccc5)cc(F)cc4cc3Cc3ccccc3)cnc2c1. The molecule has 99 heavy (non-hydrogen) atoms. The highest BCUT2D eigenvalue weighted by atomic mass is 19.1. The molecule has 1 amide bonds. The van der Waals surface area contributed by atoms with Crippen molar-refractivity contribution < 1.29 is 32.9 Å². The first-order chi connectivity index (χ1) is 48.5. The number of halogens is 2. The van der Waals surface area contributed by atoms with Crippen LogP contribution in [0.1, 0.15) is 55.6 Å². The van der Waals surface area contributed by atoms with Gasteiger partial charge in [-0.15, -0.1) is 0 Å². The first-order valence-electron chi connectivity index (χ1n) is 34.0. The van der Waals surface area contributed by atoms with Crippen molar-refractivity contribution in [3.63, 3.8) is 0 Å². The number of rotatable bonds is 25. The van der Waals surface area contributed by atoms with Crippen LogP contribution in [0.4, 0.5) is 13.6 Å². The van der Waals surface area contributed by atoms with Gasteiger partial charge in [0.25, 0.3) is 0 Å². The monoisotopic (exact) mass is 1310 g/mol. The van der Waals surface area contributed by atoms with Crippen molar-refractivity contribution in [2.45, 2.75) is 80.1 Å². The number of alkyl halides is 1. The van der Waals surface area contributed by atoms with Gasteiger partial charge in [0, 0.05) is 49.1 Å². The number of amides is 1. The van der Waals surface area contributed by atoms with E-state index >= 15 is 13.6 Å². The molecule has 14 rings (SSSR count). The number of carbonyl (C=O) groups is 1. The number of hydrogen-bond acceptors (Lipinski definition) is 6. The molecule has 0 radical (unpaired) electrons. The van der Waals surface area contributed by atoms with Gasteiger partial charge in [0.05, 0.1) is 35.3 Å². The van der Waals surface area contributed by atoms with Crippen LogP contribution in [0.15, 0.2) is 316 Å². The largest absolute Gasteiger partial charge is 0.491 e. The summed E-state index contributed by atoms with van der Waals surface area (Å²) in [5, 5.41) is 14.1. The lowest BCUT2D eigenvalue weighted by Crippen LogP contribution is -2.93. The normalized spacial score (nSPS) is 16.9. The molecule has 1 aliphatic rings. The zero-order valence-corrected chi connectivity index (χ0v) is 55.4. The molecule has 0 unspecified atom stereocenters. The maximum Gasteiger partial charge on any atom is 0.408 e. The van der Waals surface area contributed by atoms with Crippen molar-refractivity contribution in [3.8, 4) is 22.9 Å². The number of ether oxygens (including phenoxy) is 3. The van der Waals surface area contributed by atoms with Gasteiger partial charge in [0.15, 0.2) is 11.3 Å². The van der Waals surface area contributed by atoms with Crippen LogP contribution >= 0.6 is 0 Å². The number of likely N-dealkylation sites (tertiary alicyclic amines) is 1. The summed E-state index contributed by atoms with van der Waals surface area (Å²) in [6.07, 6.45) is 2.30. The average molecular weight is 1310 g/mol. The van der Waals surface area contributed by atoms with Crippen molar-refractivity contribution in [3.05, 3.63) is 377 Å². The summed E-state index contributed by atoms with van der Waals surface area (Å²) in [4.78, 5) is 29.2. The van der Waals surface area contributed by atoms with E-state index in [1.165, 1.54) is 12.1 Å². The summed E-state index contributed by atoms with van der Waals surface area (Å²) in [5.41, 5.74) is -0.942. The fourth-order valence-corrected chi connectivity index (χ4v) is 16.4. The van der Waals surface area contributed by atoms with E-state index in [0.717, 1.165) is 38.9 Å². The molecule has 0 bridgehead atoms. The molecule has 0 saturated carbocycles. The second kappa shape index (κ2) is 28.6. The van der Waals surface area contributed by atoms with Crippen LogP contribution in [0.5, 0.6) is 11.5 Å². The summed E-state index contributed by atoms with van der Waals surface area (Å²) in [5.74, 6) is -0.0280. The smallest absolute Gasteiger partial charge is 0.408 e. The number of methoxy groups -OCH3 is 1. The highest BCUT2D eigenvalue weighted by molar-refractivity contribution is 5.88. The molecule has 9 nitrogen and oxygen atoms in total. The summed E-state index contributed by atoms with van der Waals surface area (Å²) in [6, 6.07) is 98.2. The van der Waals surface area contributed by atoms with Gasteiger partial charge in [-0.2, -0.15) is 0 Å². The van der Waals surface area contributed by atoms with E-state index in [0.29, 0.717) is 64.5 Å². The molecule has 2 atom stereocenters. The number of piperidine rings is 1. The third-order valence-corrected chi connectivity index (χ3v) is 20.5. The summed E-state index contributed by atoms with van der Waals surface area (Å²) in [6.45, 7) is 0.748. The Bertz CT molecular complexity index is 4700. The third kappa shape index (κ3) is 12.9. The van der Waals surface area contributed by atoms with Crippen molar-refractivity contribution in [1.82, 2.24) is 19.3 Å². The van der Waals surface area contributed by atoms with E-state index in [1.807, 2.05) is 241 Å². The standard InChI is InChI=1S/C88H78F2N4O5/c1-97-49-50-98-77-47-48-93-78(64-91-80(93)55-77)81-74(51-65-29-11-2-12-30-65)52-75-53-76(89)54-79(82(75)92-81)99-88(63-73-45-27-10-28-46-73)84(56-66-31-13-3-14-32-66,57-67-33-15-4-16-34-67)85(58-68-35-17-5-18-36-68,59-69-37-19-6-20-38-69)94(83(95)96)86(60-70-39-21-7-22-40-70,61-71-41-23-8-24-42-71)87(88,90)62-72-43-25-9-26-44-72/h2-48,52-55,64H,49-51,56-63H2,1H3,(H,95,96)/t87-,88+/m0/s1. The van der Waals surface area contributed by atoms with Crippen LogP contribution in [0.25, 0.3) is 27.9 Å². The second-order valence-electron chi connectivity index (χ2n) is 26.5. The molecular formula is C88H78F2N4O5. The summed E-state index contributed by atoms with van der Waals surface area (Å²) < 4.78 is 64.8. The number of imidazole rings is 1. The van der Waals surface area contributed by atoms with Crippen LogP contribution < -0.4 is 9.47 Å². The number of nitrogens with zero attached hydrogens (tertiary/aromatic N) is 4. The Balaban J connectivity index is 1.20. The maximum atomic E-state index is 24.4. The molecular weight excluding hydrogens is 1230 g/mol. The zero-order chi connectivity index (χ0) is 67.7. The van der Waals surface area contributed by atoms with Crippen molar-refractivity contribution in [1.29, 1.82) is 0 Å². The summed E-state index contributed by atoms with van der Waals surface area (Å²) in [7, 11) is 1.63. The molecule has 0 aliphatic carbocycles. The average Bonchev–Trinajstić information content (AvgIpc) is 0.824. The first-order valence-corrected chi connectivity index (χ1v) is 34.0. The van der Waals surface area contributed by atoms with Crippen LogP contribution in [0.2, 0.25) is 0 Å². The lowest BCUT2D eigenvalue weighted by atomic mass is 9.39. The lowest BCUT2D eigenvalue weighted by Gasteiger charge is -2.76. The van der Waals surface area contributed by atoms with E-state index in [1.54, 1.807) is 18.2 Å². The molecule has 13 aromatic rings. The Morgan fingerprint density at radius 1 is 0.475 bits per heavy atom. The van der Waals surface area contributed by atoms with Gasteiger partial charge in [-0.25, -0.2) is 23.5 Å². The van der Waals surface area contributed by atoms with Crippen LogP contribution in [-0.4, -0.2) is 73.1 Å². The van der Waals surface area contributed by atoms with E-state index in [2.05, 4.69) is 60.7 Å². The van der Waals surface area contributed by atoms with Gasteiger partial charge >= 0.3 is 6.09 Å². The van der Waals surface area contributed by atoms with E-state index in [-0.39, 0.29) is 62.6 Å². The van der Waals surface area contributed by atoms with Gasteiger partial charge in [-0.3, -0.25) is 9.30 Å². The van der Waals surface area contributed by atoms with Crippen LogP contribution in [0.3, 0.4) is 0 Å². The topological polar surface area (TPSA) is 98.4 Å². The third-order valence-electron chi connectivity index (χ3n) is 20.5. The molecule has 1 aliphatic heterocycles. The molecule has 11 heteroatoms. The van der Waals surface area contributed by atoms with E-state index in [9.17, 15) is 5.11 Å².